The molecule has 12 heavy (non-hydrogen) atoms. The van der Waals surface area contributed by atoms with Crippen LogP contribution in [0.4, 0.5) is 0 Å². The first-order valence-corrected chi connectivity index (χ1v) is 4.60. The van der Waals surface area contributed by atoms with Crippen LogP contribution in [0.5, 0.6) is 0 Å². The molecule has 1 heterocycles. The second-order valence-corrected chi connectivity index (χ2v) is 3.15. The van der Waals surface area contributed by atoms with Crippen LogP contribution in [0, 0.1) is 0 Å². The number of rotatable bonds is 4. The molecule has 0 amide bonds. The summed E-state index contributed by atoms with van der Waals surface area (Å²) in [5.74, 6) is 0. The fourth-order valence-corrected chi connectivity index (χ4v) is 1.49. The fraction of sp³-hybridized carbons (Fsp3) is 0.600. The van der Waals surface area contributed by atoms with E-state index in [1.54, 1.807) is 0 Å². The van der Waals surface area contributed by atoms with Gasteiger partial charge in [-0.05, 0) is 13.3 Å². The van der Waals surface area contributed by atoms with Gasteiger partial charge in [0, 0.05) is 25.5 Å². The summed E-state index contributed by atoms with van der Waals surface area (Å²) < 4.78 is 0. The Bertz CT molecular complexity index is 175. The van der Waals surface area contributed by atoms with Gasteiger partial charge in [0.15, 0.2) is 0 Å². The van der Waals surface area contributed by atoms with E-state index in [2.05, 4.69) is 42.6 Å². The Labute approximate surface area is 75.2 Å². The first-order chi connectivity index (χ1) is 5.79. The largest absolute Gasteiger partial charge is 0.356 e. The Kier molecular flexibility index (Phi) is 3.20. The van der Waals surface area contributed by atoms with Crippen molar-refractivity contribution in [1.82, 2.24) is 9.80 Å². The lowest BCUT2D eigenvalue weighted by Crippen LogP contribution is -2.36. The van der Waals surface area contributed by atoms with Crippen LogP contribution in [0.15, 0.2) is 25.1 Å². The van der Waals surface area contributed by atoms with E-state index in [0.717, 1.165) is 13.1 Å². The van der Waals surface area contributed by atoms with E-state index in [4.69, 9.17) is 0 Å². The standard InChI is InChI=1S/C10H18N2/c1-4-6-11-8-9-12(7-5-2)10(11)3/h4,8-10H,1,5-7H2,2-3H3. The van der Waals surface area contributed by atoms with Gasteiger partial charge in [0.05, 0.1) is 6.17 Å². The average molecular weight is 166 g/mol. The molecular formula is C10H18N2. The normalized spacial score (nSPS) is 22.0. The van der Waals surface area contributed by atoms with Gasteiger partial charge in [0.1, 0.15) is 0 Å². The van der Waals surface area contributed by atoms with Crippen molar-refractivity contribution in [2.24, 2.45) is 0 Å². The molecule has 2 heteroatoms. The van der Waals surface area contributed by atoms with Crippen molar-refractivity contribution in [2.45, 2.75) is 26.4 Å². The molecule has 0 radical (unpaired) electrons. The van der Waals surface area contributed by atoms with Gasteiger partial charge in [-0.3, -0.25) is 0 Å². The Morgan fingerprint density at radius 2 is 2.08 bits per heavy atom. The van der Waals surface area contributed by atoms with Crippen LogP contribution < -0.4 is 0 Å². The molecule has 1 atom stereocenters. The fourth-order valence-electron chi connectivity index (χ4n) is 1.49. The summed E-state index contributed by atoms with van der Waals surface area (Å²) in [5, 5.41) is 0. The highest BCUT2D eigenvalue weighted by Gasteiger charge is 2.18. The lowest BCUT2D eigenvalue weighted by Gasteiger charge is -2.28. The van der Waals surface area contributed by atoms with Crippen molar-refractivity contribution in [3.8, 4) is 0 Å². The third-order valence-corrected chi connectivity index (χ3v) is 2.23. The van der Waals surface area contributed by atoms with Crippen molar-refractivity contribution >= 4 is 0 Å². The Balaban J connectivity index is 2.43. The predicted molar refractivity (Wildman–Crippen MR) is 52.5 cm³/mol. The highest BCUT2D eigenvalue weighted by atomic mass is 15.4. The average Bonchev–Trinajstić information content (AvgIpc) is 2.38. The Morgan fingerprint density at radius 1 is 1.42 bits per heavy atom. The molecule has 0 aliphatic carbocycles. The molecule has 0 aromatic carbocycles. The van der Waals surface area contributed by atoms with E-state index < -0.39 is 0 Å². The smallest absolute Gasteiger partial charge is 0.0980 e. The predicted octanol–water partition coefficient (Wildman–Crippen LogP) is 2.02. The zero-order valence-electron chi connectivity index (χ0n) is 8.03. The van der Waals surface area contributed by atoms with Gasteiger partial charge in [-0.2, -0.15) is 0 Å². The zero-order chi connectivity index (χ0) is 8.97. The maximum atomic E-state index is 3.74. The lowest BCUT2D eigenvalue weighted by atomic mass is 10.4. The third-order valence-electron chi connectivity index (χ3n) is 2.23. The van der Waals surface area contributed by atoms with Crippen LogP contribution in [0.25, 0.3) is 0 Å². The maximum Gasteiger partial charge on any atom is 0.0980 e. The summed E-state index contributed by atoms with van der Waals surface area (Å²) in [5.41, 5.74) is 0. The highest BCUT2D eigenvalue weighted by Crippen LogP contribution is 2.14. The van der Waals surface area contributed by atoms with E-state index in [1.165, 1.54) is 6.42 Å². The van der Waals surface area contributed by atoms with Crippen molar-refractivity contribution in [3.63, 3.8) is 0 Å². The minimum absolute atomic E-state index is 0.503. The second kappa shape index (κ2) is 4.19. The van der Waals surface area contributed by atoms with Crippen molar-refractivity contribution in [1.29, 1.82) is 0 Å². The van der Waals surface area contributed by atoms with Crippen molar-refractivity contribution in [2.75, 3.05) is 13.1 Å². The molecule has 68 valence electrons. The first kappa shape index (κ1) is 9.17. The molecule has 1 aliphatic heterocycles. The quantitative estimate of drug-likeness (QED) is 0.589. The maximum absolute atomic E-state index is 3.74. The van der Waals surface area contributed by atoms with Gasteiger partial charge in [-0.1, -0.05) is 13.0 Å². The third kappa shape index (κ3) is 1.81. The molecule has 0 saturated heterocycles. The van der Waals surface area contributed by atoms with Gasteiger partial charge in [0.25, 0.3) is 0 Å². The Hall–Kier alpha value is -0.920. The zero-order valence-corrected chi connectivity index (χ0v) is 8.03. The van der Waals surface area contributed by atoms with Crippen molar-refractivity contribution < 1.29 is 0 Å². The van der Waals surface area contributed by atoms with Crippen molar-refractivity contribution in [3.05, 3.63) is 25.1 Å². The van der Waals surface area contributed by atoms with E-state index in [9.17, 15) is 0 Å². The monoisotopic (exact) mass is 166 g/mol. The van der Waals surface area contributed by atoms with Crippen LogP contribution in [-0.4, -0.2) is 29.1 Å². The van der Waals surface area contributed by atoms with Gasteiger partial charge < -0.3 is 9.80 Å². The van der Waals surface area contributed by atoms with E-state index in [1.807, 2.05) is 6.08 Å². The lowest BCUT2D eigenvalue weighted by molar-refractivity contribution is 0.182. The van der Waals surface area contributed by atoms with Gasteiger partial charge in [-0.25, -0.2) is 0 Å². The summed E-state index contributed by atoms with van der Waals surface area (Å²) in [6.07, 6.45) is 7.95. The topological polar surface area (TPSA) is 6.48 Å². The van der Waals surface area contributed by atoms with E-state index >= 15 is 0 Å². The summed E-state index contributed by atoms with van der Waals surface area (Å²) >= 11 is 0. The highest BCUT2D eigenvalue weighted by molar-refractivity contribution is 4.97. The van der Waals surface area contributed by atoms with Crippen LogP contribution in [-0.2, 0) is 0 Å². The van der Waals surface area contributed by atoms with Gasteiger partial charge in [-0.15, -0.1) is 6.58 Å². The minimum Gasteiger partial charge on any atom is -0.356 e. The molecule has 0 spiro atoms. The molecule has 0 saturated carbocycles. The van der Waals surface area contributed by atoms with Crippen LogP contribution in [0.3, 0.4) is 0 Å². The van der Waals surface area contributed by atoms with E-state index in [0.29, 0.717) is 6.17 Å². The summed E-state index contributed by atoms with van der Waals surface area (Å²) in [4.78, 5) is 4.63. The molecule has 0 fully saturated rings. The summed E-state index contributed by atoms with van der Waals surface area (Å²) in [6.45, 7) is 10.2. The van der Waals surface area contributed by atoms with Crippen LogP contribution in [0.2, 0.25) is 0 Å². The minimum atomic E-state index is 0.503. The molecule has 1 aliphatic rings. The van der Waals surface area contributed by atoms with Gasteiger partial charge in [0.2, 0.25) is 0 Å². The van der Waals surface area contributed by atoms with Crippen LogP contribution >= 0.6 is 0 Å². The number of nitrogens with zero attached hydrogens (tertiary/aromatic N) is 2. The molecular weight excluding hydrogens is 148 g/mol. The molecule has 0 aromatic rings. The first-order valence-electron chi connectivity index (χ1n) is 4.60. The second-order valence-electron chi connectivity index (χ2n) is 3.15. The summed E-state index contributed by atoms with van der Waals surface area (Å²) in [7, 11) is 0. The van der Waals surface area contributed by atoms with E-state index in [-0.39, 0.29) is 0 Å². The molecule has 1 unspecified atom stereocenters. The van der Waals surface area contributed by atoms with Gasteiger partial charge >= 0.3 is 0 Å². The molecule has 0 aromatic heterocycles. The molecule has 0 N–H and O–H groups in total. The number of hydrogen-bond acceptors (Lipinski definition) is 2. The Morgan fingerprint density at radius 3 is 2.67 bits per heavy atom. The molecule has 1 rings (SSSR count). The molecule has 2 nitrogen and oxygen atoms in total. The van der Waals surface area contributed by atoms with Crippen LogP contribution in [0.1, 0.15) is 20.3 Å². The summed E-state index contributed by atoms with van der Waals surface area (Å²) in [6, 6.07) is 0. The SMILES string of the molecule is C=CCN1C=CN(CCC)C1C. The molecule has 0 bridgehead atoms. The number of hydrogen-bond donors (Lipinski definition) is 0.